The van der Waals surface area contributed by atoms with Crippen LogP contribution in [-0.2, 0) is 11.8 Å². The van der Waals surface area contributed by atoms with Gasteiger partial charge in [-0.15, -0.1) is 0 Å². The highest BCUT2D eigenvalue weighted by molar-refractivity contribution is 5.60. The molecule has 4 aliphatic rings. The topological polar surface area (TPSA) is 52.9 Å². The minimum Gasteiger partial charge on any atom is -0.504 e. The summed E-state index contributed by atoms with van der Waals surface area (Å²) >= 11 is 0. The van der Waals surface area contributed by atoms with Gasteiger partial charge in [-0.3, -0.25) is 0 Å². The Morgan fingerprint density at radius 3 is 3.00 bits per heavy atom. The summed E-state index contributed by atoms with van der Waals surface area (Å²) in [6.45, 7) is 3.17. The van der Waals surface area contributed by atoms with Crippen molar-refractivity contribution in [1.29, 1.82) is 0 Å². The van der Waals surface area contributed by atoms with Crippen LogP contribution in [0.2, 0.25) is 0 Å². The first kappa shape index (κ1) is 13.2. The quantitative estimate of drug-likeness (QED) is 0.765. The van der Waals surface area contributed by atoms with E-state index in [1.807, 2.05) is 0 Å². The van der Waals surface area contributed by atoms with Gasteiger partial charge in [0.25, 0.3) is 0 Å². The Labute approximate surface area is 130 Å². The van der Waals surface area contributed by atoms with Crippen LogP contribution in [0.15, 0.2) is 12.1 Å². The number of ether oxygens (including phenoxy) is 1. The van der Waals surface area contributed by atoms with Crippen molar-refractivity contribution in [1.82, 2.24) is 4.90 Å². The van der Waals surface area contributed by atoms with Crippen molar-refractivity contribution < 1.29 is 14.9 Å². The van der Waals surface area contributed by atoms with E-state index >= 15 is 0 Å². The van der Waals surface area contributed by atoms with E-state index in [0.29, 0.717) is 17.7 Å². The molecular formula is C18H23NO3. The van der Waals surface area contributed by atoms with Crippen LogP contribution in [0.5, 0.6) is 11.5 Å². The Hall–Kier alpha value is -1.26. The lowest BCUT2D eigenvalue weighted by Crippen LogP contribution is -2.67. The molecule has 6 atom stereocenters. The molecule has 2 fully saturated rings. The van der Waals surface area contributed by atoms with Crippen LogP contribution in [0.3, 0.4) is 0 Å². The molecule has 2 bridgehead atoms. The summed E-state index contributed by atoms with van der Waals surface area (Å²) in [6.07, 6.45) is 2.45. The molecule has 1 unspecified atom stereocenters. The van der Waals surface area contributed by atoms with Crippen molar-refractivity contribution in [2.24, 2.45) is 11.8 Å². The molecule has 2 aliphatic heterocycles. The second-order valence-corrected chi connectivity index (χ2v) is 7.84. The molecule has 1 aromatic rings. The van der Waals surface area contributed by atoms with Crippen molar-refractivity contribution in [2.75, 3.05) is 13.6 Å². The van der Waals surface area contributed by atoms with Crippen molar-refractivity contribution in [3.63, 3.8) is 0 Å². The number of nitrogens with zero attached hydrogens (tertiary/aromatic N) is 1. The van der Waals surface area contributed by atoms with Gasteiger partial charge < -0.3 is 19.8 Å². The van der Waals surface area contributed by atoms with Gasteiger partial charge in [-0.05, 0) is 56.3 Å². The molecule has 0 amide bonds. The van der Waals surface area contributed by atoms with E-state index in [0.717, 1.165) is 25.8 Å². The van der Waals surface area contributed by atoms with Gasteiger partial charge in [0, 0.05) is 17.0 Å². The highest BCUT2D eigenvalue weighted by Gasteiger charge is 2.66. The Morgan fingerprint density at radius 1 is 1.36 bits per heavy atom. The Morgan fingerprint density at radius 2 is 2.18 bits per heavy atom. The van der Waals surface area contributed by atoms with Crippen LogP contribution in [0, 0.1) is 11.8 Å². The maximum atomic E-state index is 10.8. The second-order valence-electron chi connectivity index (χ2n) is 7.84. The first-order chi connectivity index (χ1) is 10.5. The molecule has 2 heterocycles. The van der Waals surface area contributed by atoms with Crippen LogP contribution in [0.1, 0.15) is 30.9 Å². The van der Waals surface area contributed by atoms with Gasteiger partial charge in [0.15, 0.2) is 11.5 Å². The number of hydrogen-bond acceptors (Lipinski definition) is 4. The van der Waals surface area contributed by atoms with E-state index in [9.17, 15) is 10.2 Å². The number of aliphatic hydroxyl groups is 1. The molecule has 4 nitrogen and oxygen atoms in total. The summed E-state index contributed by atoms with van der Waals surface area (Å²) in [5, 5.41) is 21.1. The van der Waals surface area contributed by atoms with E-state index in [2.05, 4.69) is 24.9 Å². The molecule has 22 heavy (non-hydrogen) atoms. The van der Waals surface area contributed by atoms with E-state index in [1.165, 1.54) is 11.1 Å². The largest absolute Gasteiger partial charge is 0.504 e. The number of likely N-dealkylation sites (tertiary alicyclic amines) is 1. The molecule has 1 aromatic carbocycles. The lowest BCUT2D eigenvalue weighted by atomic mass is 9.50. The fraction of sp³-hybridized carbons (Fsp3) is 0.667. The van der Waals surface area contributed by atoms with Gasteiger partial charge in [-0.25, -0.2) is 0 Å². The number of benzene rings is 1. The predicted octanol–water partition coefficient (Wildman–Crippen LogP) is 1.67. The van der Waals surface area contributed by atoms with Crippen LogP contribution in [0.25, 0.3) is 0 Å². The Balaban J connectivity index is 1.80. The summed E-state index contributed by atoms with van der Waals surface area (Å²) in [5.74, 6) is 1.66. The first-order valence-electron chi connectivity index (χ1n) is 8.44. The van der Waals surface area contributed by atoms with Crippen LogP contribution >= 0.6 is 0 Å². The Bertz CT molecular complexity index is 660. The van der Waals surface area contributed by atoms with Crippen LogP contribution in [-0.4, -0.2) is 47.0 Å². The van der Waals surface area contributed by atoms with Crippen LogP contribution < -0.4 is 4.74 Å². The monoisotopic (exact) mass is 301 g/mol. The molecular weight excluding hydrogens is 278 g/mol. The lowest BCUT2D eigenvalue weighted by Gasteiger charge is -2.59. The molecule has 0 radical (unpaired) electrons. The zero-order valence-corrected chi connectivity index (χ0v) is 13.1. The molecule has 1 spiro atoms. The van der Waals surface area contributed by atoms with Crippen molar-refractivity contribution in [3.8, 4) is 11.5 Å². The fourth-order valence-corrected chi connectivity index (χ4v) is 5.92. The van der Waals surface area contributed by atoms with Gasteiger partial charge >= 0.3 is 0 Å². The average Bonchev–Trinajstić information content (AvgIpc) is 2.84. The van der Waals surface area contributed by atoms with E-state index < -0.39 is 6.10 Å². The fourth-order valence-electron chi connectivity index (χ4n) is 5.92. The zero-order valence-electron chi connectivity index (χ0n) is 13.1. The summed E-state index contributed by atoms with van der Waals surface area (Å²) in [4.78, 5) is 2.49. The van der Waals surface area contributed by atoms with Crippen molar-refractivity contribution >= 4 is 0 Å². The highest BCUT2D eigenvalue weighted by Crippen LogP contribution is 2.64. The summed E-state index contributed by atoms with van der Waals surface area (Å²) in [7, 11) is 2.23. The zero-order chi connectivity index (χ0) is 15.2. The normalized spacial score (nSPS) is 45.3. The average molecular weight is 301 g/mol. The third kappa shape index (κ3) is 1.29. The number of rotatable bonds is 0. The summed E-state index contributed by atoms with van der Waals surface area (Å²) in [5.41, 5.74) is 2.44. The number of aliphatic hydroxyl groups excluding tert-OH is 1. The summed E-state index contributed by atoms with van der Waals surface area (Å²) < 4.78 is 6.21. The molecule has 1 saturated carbocycles. The number of aromatic hydroxyl groups is 1. The molecule has 2 aliphatic carbocycles. The third-order valence-electron chi connectivity index (χ3n) is 6.96. The van der Waals surface area contributed by atoms with Crippen molar-refractivity contribution in [2.45, 2.75) is 49.9 Å². The SMILES string of the molecule is C[C@@H]1C[C@H]2[C@H]3Cc4ccc(O)c5c4[C@@]2(CCN3C)[C@@H](O5)C1O. The number of likely N-dealkylation sites (N-methyl/N-ethyl adjacent to an activating group) is 1. The van der Waals surface area contributed by atoms with E-state index in [1.54, 1.807) is 6.07 Å². The van der Waals surface area contributed by atoms with Gasteiger partial charge in [-0.2, -0.15) is 0 Å². The molecule has 5 rings (SSSR count). The third-order valence-corrected chi connectivity index (χ3v) is 6.96. The minimum atomic E-state index is -0.446. The second kappa shape index (κ2) is 3.98. The van der Waals surface area contributed by atoms with Gasteiger partial charge in [0.1, 0.15) is 6.10 Å². The molecule has 4 heteroatoms. The number of phenols is 1. The van der Waals surface area contributed by atoms with Gasteiger partial charge in [0.2, 0.25) is 0 Å². The molecule has 1 saturated heterocycles. The molecule has 0 aromatic heterocycles. The maximum absolute atomic E-state index is 10.8. The van der Waals surface area contributed by atoms with Gasteiger partial charge in [0.05, 0.1) is 6.10 Å². The smallest absolute Gasteiger partial charge is 0.165 e. The number of hydrogen-bond donors (Lipinski definition) is 2. The highest BCUT2D eigenvalue weighted by atomic mass is 16.5. The number of phenolic OH excluding ortho intramolecular Hbond substituents is 1. The van der Waals surface area contributed by atoms with Crippen molar-refractivity contribution in [3.05, 3.63) is 23.3 Å². The summed E-state index contributed by atoms with van der Waals surface area (Å²) in [6, 6.07) is 4.35. The first-order valence-corrected chi connectivity index (χ1v) is 8.44. The molecule has 2 N–H and O–H groups in total. The predicted molar refractivity (Wildman–Crippen MR) is 82.2 cm³/mol. The molecule has 118 valence electrons. The maximum Gasteiger partial charge on any atom is 0.165 e. The lowest BCUT2D eigenvalue weighted by molar-refractivity contribution is -0.122. The van der Waals surface area contributed by atoms with E-state index in [-0.39, 0.29) is 23.2 Å². The van der Waals surface area contributed by atoms with Crippen LogP contribution in [0.4, 0.5) is 0 Å². The minimum absolute atomic E-state index is 0.0925. The number of piperidine rings is 1. The van der Waals surface area contributed by atoms with E-state index in [4.69, 9.17) is 4.74 Å². The standard InChI is InChI=1S/C18H23NO3/c1-9-7-11-12-8-10-3-4-13(20)16-14(10)18(11,5-6-19(12)2)17(22-16)15(9)21/h3-4,9,11-12,15,17,20-21H,5-8H2,1-2H3/t9-,11+,12-,15?,17+,18+/m1/s1. The Kier molecular flexibility index (Phi) is 2.39. The van der Waals surface area contributed by atoms with Gasteiger partial charge in [-0.1, -0.05) is 13.0 Å².